The first-order valence-corrected chi connectivity index (χ1v) is 10.2. The van der Waals surface area contributed by atoms with Crippen LogP contribution < -0.4 is 10.2 Å². The summed E-state index contributed by atoms with van der Waals surface area (Å²) in [5, 5.41) is 3.03. The molecule has 28 heavy (non-hydrogen) atoms. The molecule has 0 atom stereocenters. The number of nitrogens with one attached hydrogen (secondary N) is 1. The van der Waals surface area contributed by atoms with Crippen LogP contribution >= 0.6 is 0 Å². The van der Waals surface area contributed by atoms with Crippen molar-refractivity contribution in [3.63, 3.8) is 0 Å². The van der Waals surface area contributed by atoms with E-state index in [2.05, 4.69) is 55.3 Å². The zero-order valence-corrected chi connectivity index (χ0v) is 17.3. The molecule has 1 aliphatic heterocycles. The number of carbonyl (C=O) groups is 1. The summed E-state index contributed by atoms with van der Waals surface area (Å²) in [5.41, 5.74) is 4.64. The molecular formula is C24H32N2O2. The highest BCUT2D eigenvalue weighted by Gasteiger charge is 2.14. The van der Waals surface area contributed by atoms with Crippen molar-refractivity contribution in [3.8, 4) is 0 Å². The van der Waals surface area contributed by atoms with Gasteiger partial charge in [0.1, 0.15) is 0 Å². The Kier molecular flexibility index (Phi) is 6.74. The largest absolute Gasteiger partial charge is 0.378 e. The number of hydrogen-bond donors (Lipinski definition) is 1. The predicted molar refractivity (Wildman–Crippen MR) is 115 cm³/mol. The van der Waals surface area contributed by atoms with Gasteiger partial charge >= 0.3 is 0 Å². The first kappa shape index (κ1) is 20.4. The number of rotatable bonds is 6. The van der Waals surface area contributed by atoms with Crippen LogP contribution in [0.5, 0.6) is 0 Å². The normalized spacial score (nSPS) is 14.8. The molecule has 0 aromatic heterocycles. The maximum absolute atomic E-state index is 12.3. The summed E-state index contributed by atoms with van der Waals surface area (Å²) in [6, 6.07) is 16.7. The van der Waals surface area contributed by atoms with E-state index < -0.39 is 0 Å². The van der Waals surface area contributed by atoms with Crippen molar-refractivity contribution in [2.24, 2.45) is 0 Å². The minimum Gasteiger partial charge on any atom is -0.378 e. The summed E-state index contributed by atoms with van der Waals surface area (Å²) in [6.45, 7) is 10.7. The third kappa shape index (κ3) is 5.59. The molecule has 3 rings (SSSR count). The summed E-state index contributed by atoms with van der Waals surface area (Å²) < 4.78 is 5.41. The minimum absolute atomic E-state index is 0.00289. The van der Waals surface area contributed by atoms with E-state index in [1.54, 1.807) is 0 Å². The molecule has 1 heterocycles. The molecular weight excluding hydrogens is 348 g/mol. The van der Waals surface area contributed by atoms with Gasteiger partial charge in [-0.3, -0.25) is 4.79 Å². The maximum atomic E-state index is 12.3. The van der Waals surface area contributed by atoms with E-state index in [-0.39, 0.29) is 11.3 Å². The van der Waals surface area contributed by atoms with Crippen LogP contribution in [0.4, 0.5) is 5.69 Å². The molecule has 1 N–H and O–H groups in total. The number of amides is 1. The Morgan fingerprint density at radius 3 is 2.25 bits per heavy atom. The Bertz CT molecular complexity index is 755. The third-order valence-electron chi connectivity index (χ3n) is 5.25. The fraction of sp³-hybridized carbons (Fsp3) is 0.458. The molecule has 0 spiro atoms. The van der Waals surface area contributed by atoms with Crippen molar-refractivity contribution in [1.82, 2.24) is 5.32 Å². The van der Waals surface area contributed by atoms with E-state index in [4.69, 9.17) is 4.74 Å². The molecule has 0 aliphatic carbocycles. The molecule has 1 amide bonds. The lowest BCUT2D eigenvalue weighted by Gasteiger charge is -2.28. The average Bonchev–Trinajstić information content (AvgIpc) is 2.71. The fourth-order valence-electron chi connectivity index (χ4n) is 3.41. The number of benzene rings is 2. The number of nitrogens with zero attached hydrogens (tertiary/aromatic N) is 1. The van der Waals surface area contributed by atoms with Gasteiger partial charge in [-0.2, -0.15) is 0 Å². The lowest BCUT2D eigenvalue weighted by molar-refractivity contribution is 0.0953. The van der Waals surface area contributed by atoms with Crippen LogP contribution in [0.1, 0.15) is 48.7 Å². The highest BCUT2D eigenvalue weighted by molar-refractivity contribution is 5.94. The third-order valence-corrected chi connectivity index (χ3v) is 5.25. The monoisotopic (exact) mass is 380 g/mol. The van der Waals surface area contributed by atoms with E-state index in [9.17, 15) is 4.79 Å². The second kappa shape index (κ2) is 9.24. The second-order valence-electron chi connectivity index (χ2n) is 8.45. The maximum Gasteiger partial charge on any atom is 0.251 e. The number of ether oxygens (including phenoxy) is 1. The van der Waals surface area contributed by atoms with E-state index in [0.717, 1.165) is 44.7 Å². The Balaban J connectivity index is 1.42. The first-order valence-electron chi connectivity index (χ1n) is 10.2. The second-order valence-corrected chi connectivity index (χ2v) is 8.45. The molecule has 2 aromatic rings. The minimum atomic E-state index is 0.00289. The average molecular weight is 381 g/mol. The topological polar surface area (TPSA) is 41.6 Å². The van der Waals surface area contributed by atoms with Crippen molar-refractivity contribution in [2.45, 2.75) is 39.0 Å². The van der Waals surface area contributed by atoms with E-state index in [1.165, 1.54) is 16.8 Å². The highest BCUT2D eigenvalue weighted by atomic mass is 16.5. The zero-order chi connectivity index (χ0) is 20.0. The van der Waals surface area contributed by atoms with Gasteiger partial charge in [-0.15, -0.1) is 0 Å². The molecule has 1 fully saturated rings. The molecule has 4 heteroatoms. The summed E-state index contributed by atoms with van der Waals surface area (Å²) in [6.07, 6.45) is 1.90. The van der Waals surface area contributed by atoms with Gasteiger partial charge in [0.05, 0.1) is 13.2 Å². The van der Waals surface area contributed by atoms with Crippen LogP contribution in [0.25, 0.3) is 0 Å². The first-order chi connectivity index (χ1) is 13.4. The Morgan fingerprint density at radius 2 is 1.64 bits per heavy atom. The van der Waals surface area contributed by atoms with Gasteiger partial charge in [-0.05, 0) is 53.6 Å². The number of morpholine rings is 1. The smallest absolute Gasteiger partial charge is 0.251 e. The Labute approximate surface area is 168 Å². The van der Waals surface area contributed by atoms with Crippen LogP contribution in [0, 0.1) is 0 Å². The van der Waals surface area contributed by atoms with Crippen molar-refractivity contribution in [2.75, 3.05) is 37.7 Å². The van der Waals surface area contributed by atoms with Gasteiger partial charge in [-0.1, -0.05) is 45.0 Å². The lowest BCUT2D eigenvalue weighted by Crippen LogP contribution is -2.36. The molecule has 1 aliphatic rings. The highest BCUT2D eigenvalue weighted by Crippen LogP contribution is 2.22. The quantitative estimate of drug-likeness (QED) is 0.764. The van der Waals surface area contributed by atoms with Gasteiger partial charge in [0.2, 0.25) is 0 Å². The van der Waals surface area contributed by atoms with Crippen LogP contribution in [0.3, 0.4) is 0 Å². The molecule has 0 bridgehead atoms. The van der Waals surface area contributed by atoms with Crippen LogP contribution in [-0.4, -0.2) is 38.8 Å². The lowest BCUT2D eigenvalue weighted by atomic mass is 9.87. The Morgan fingerprint density at radius 1 is 1.00 bits per heavy atom. The summed E-state index contributed by atoms with van der Waals surface area (Å²) in [7, 11) is 0. The van der Waals surface area contributed by atoms with Crippen molar-refractivity contribution < 1.29 is 9.53 Å². The van der Waals surface area contributed by atoms with Crippen molar-refractivity contribution in [3.05, 3.63) is 65.2 Å². The Hall–Kier alpha value is -2.33. The van der Waals surface area contributed by atoms with Crippen molar-refractivity contribution >= 4 is 11.6 Å². The number of hydrogen-bond acceptors (Lipinski definition) is 3. The van der Waals surface area contributed by atoms with Gasteiger partial charge in [-0.25, -0.2) is 0 Å². The molecule has 150 valence electrons. The summed E-state index contributed by atoms with van der Waals surface area (Å²) >= 11 is 0. The molecule has 0 unspecified atom stereocenters. The van der Waals surface area contributed by atoms with Gasteiger partial charge in [0, 0.05) is 30.9 Å². The van der Waals surface area contributed by atoms with Gasteiger partial charge < -0.3 is 15.0 Å². The molecule has 4 nitrogen and oxygen atoms in total. The molecule has 2 aromatic carbocycles. The van der Waals surface area contributed by atoms with Crippen LogP contribution in [-0.2, 0) is 16.6 Å². The molecule has 1 saturated heterocycles. The zero-order valence-electron chi connectivity index (χ0n) is 17.3. The molecule has 0 saturated carbocycles. The SMILES string of the molecule is CC(C)(C)c1ccc(C(=O)NCCCc2ccc(N3CCOCC3)cc2)cc1. The number of carbonyl (C=O) groups excluding carboxylic acids is 1. The van der Waals surface area contributed by atoms with E-state index in [1.807, 2.05) is 24.3 Å². The summed E-state index contributed by atoms with van der Waals surface area (Å²) in [4.78, 5) is 14.7. The van der Waals surface area contributed by atoms with Crippen LogP contribution in [0.15, 0.2) is 48.5 Å². The molecule has 0 radical (unpaired) electrons. The van der Waals surface area contributed by atoms with Gasteiger partial charge in [0.25, 0.3) is 5.91 Å². The van der Waals surface area contributed by atoms with E-state index >= 15 is 0 Å². The van der Waals surface area contributed by atoms with Crippen LogP contribution in [0.2, 0.25) is 0 Å². The number of anilines is 1. The number of aryl methyl sites for hydroxylation is 1. The van der Waals surface area contributed by atoms with Crippen molar-refractivity contribution in [1.29, 1.82) is 0 Å². The predicted octanol–water partition coefficient (Wildman–Crippen LogP) is 4.18. The fourth-order valence-corrected chi connectivity index (χ4v) is 3.41. The van der Waals surface area contributed by atoms with Gasteiger partial charge in [0.15, 0.2) is 0 Å². The standard InChI is InChI=1S/C24H32N2O2/c1-24(2,3)21-10-8-20(9-11-21)23(27)25-14-4-5-19-6-12-22(13-7-19)26-15-17-28-18-16-26/h6-13H,4-5,14-18H2,1-3H3,(H,25,27). The summed E-state index contributed by atoms with van der Waals surface area (Å²) in [5.74, 6) is 0.00289. The van der Waals surface area contributed by atoms with E-state index in [0.29, 0.717) is 6.54 Å².